The van der Waals surface area contributed by atoms with Crippen LogP contribution >= 0.6 is 15.9 Å². The van der Waals surface area contributed by atoms with Crippen LogP contribution < -0.4 is 10.2 Å². The van der Waals surface area contributed by atoms with Gasteiger partial charge >= 0.3 is 0 Å². The van der Waals surface area contributed by atoms with Gasteiger partial charge in [-0.2, -0.15) is 0 Å². The Kier molecular flexibility index (Phi) is 9.13. The maximum atomic E-state index is 11.6. The Morgan fingerprint density at radius 2 is 1.95 bits per heavy atom. The number of alkyl halides is 1. The fourth-order valence-corrected chi connectivity index (χ4v) is 2.47. The first-order valence-electron chi connectivity index (χ1n) is 7.40. The van der Waals surface area contributed by atoms with Crippen molar-refractivity contribution in [2.24, 2.45) is 0 Å². The van der Waals surface area contributed by atoms with Gasteiger partial charge in [0.25, 0.3) is 0 Å². The van der Waals surface area contributed by atoms with Gasteiger partial charge in [-0.3, -0.25) is 4.79 Å². The molecule has 4 heteroatoms. The van der Waals surface area contributed by atoms with Gasteiger partial charge in [0, 0.05) is 37.1 Å². The van der Waals surface area contributed by atoms with Crippen molar-refractivity contribution in [3.05, 3.63) is 30.3 Å². The molecule has 0 saturated heterocycles. The van der Waals surface area contributed by atoms with Gasteiger partial charge in [-0.05, 0) is 38.3 Å². The molecular formula is C16H25BrN2O. The molecule has 112 valence electrons. The third kappa shape index (κ3) is 6.94. The third-order valence-electron chi connectivity index (χ3n) is 3.22. The number of nitrogens with zero attached hydrogens (tertiary/aromatic N) is 1. The third-order valence-corrected chi connectivity index (χ3v) is 3.78. The van der Waals surface area contributed by atoms with E-state index in [9.17, 15) is 4.79 Å². The molecule has 0 aromatic heterocycles. The number of para-hydroxylation sites is 1. The van der Waals surface area contributed by atoms with Crippen LogP contribution in [-0.2, 0) is 4.79 Å². The maximum Gasteiger partial charge on any atom is 0.219 e. The molecule has 1 aromatic carbocycles. The van der Waals surface area contributed by atoms with E-state index in [0.717, 1.165) is 44.2 Å². The number of nitrogens with one attached hydrogen (secondary N) is 1. The summed E-state index contributed by atoms with van der Waals surface area (Å²) >= 11 is 3.37. The summed E-state index contributed by atoms with van der Waals surface area (Å²) in [4.78, 5) is 13.9. The largest absolute Gasteiger partial charge is 0.372 e. The minimum atomic E-state index is 0.175. The molecule has 1 rings (SSSR count). The van der Waals surface area contributed by atoms with Crippen LogP contribution in [0.3, 0.4) is 0 Å². The number of amides is 1. The number of carbonyl (C=O) groups excluding carboxylic acids is 1. The summed E-state index contributed by atoms with van der Waals surface area (Å²) in [5, 5.41) is 3.97. The minimum absolute atomic E-state index is 0.175. The Morgan fingerprint density at radius 1 is 1.20 bits per heavy atom. The van der Waals surface area contributed by atoms with Crippen molar-refractivity contribution in [1.29, 1.82) is 0 Å². The quantitative estimate of drug-likeness (QED) is 0.521. The molecular weight excluding hydrogens is 316 g/mol. The van der Waals surface area contributed by atoms with Crippen LogP contribution in [0.4, 0.5) is 5.69 Å². The summed E-state index contributed by atoms with van der Waals surface area (Å²) in [6.07, 6.45) is 3.64. The molecule has 20 heavy (non-hydrogen) atoms. The Labute approximate surface area is 130 Å². The van der Waals surface area contributed by atoms with Crippen LogP contribution in [0, 0.1) is 0 Å². The first-order chi connectivity index (χ1) is 9.77. The molecule has 0 radical (unpaired) electrons. The summed E-state index contributed by atoms with van der Waals surface area (Å²) in [5.74, 6) is 0.175. The Hall–Kier alpha value is -1.03. The fraction of sp³-hybridized carbons (Fsp3) is 0.562. The average Bonchev–Trinajstić information content (AvgIpc) is 2.48. The van der Waals surface area contributed by atoms with Gasteiger partial charge in [0.05, 0.1) is 0 Å². The molecule has 0 aliphatic heterocycles. The van der Waals surface area contributed by atoms with Crippen molar-refractivity contribution >= 4 is 27.5 Å². The Morgan fingerprint density at radius 3 is 2.60 bits per heavy atom. The second kappa shape index (κ2) is 10.7. The highest BCUT2D eigenvalue weighted by atomic mass is 79.9. The zero-order valence-electron chi connectivity index (χ0n) is 12.3. The summed E-state index contributed by atoms with van der Waals surface area (Å²) in [5.41, 5.74) is 1.25. The van der Waals surface area contributed by atoms with Gasteiger partial charge < -0.3 is 10.2 Å². The van der Waals surface area contributed by atoms with Crippen LogP contribution in [0.5, 0.6) is 0 Å². The molecule has 0 aliphatic carbocycles. The lowest BCUT2D eigenvalue weighted by molar-refractivity contribution is -0.121. The van der Waals surface area contributed by atoms with E-state index < -0.39 is 0 Å². The summed E-state index contributed by atoms with van der Waals surface area (Å²) < 4.78 is 0. The van der Waals surface area contributed by atoms with Gasteiger partial charge in [0.2, 0.25) is 5.91 Å². The van der Waals surface area contributed by atoms with E-state index in [1.54, 1.807) is 0 Å². The van der Waals surface area contributed by atoms with Crippen molar-refractivity contribution in [2.75, 3.05) is 29.9 Å². The molecule has 0 saturated carbocycles. The maximum absolute atomic E-state index is 11.6. The molecule has 0 heterocycles. The minimum Gasteiger partial charge on any atom is -0.372 e. The predicted octanol–water partition coefficient (Wildman–Crippen LogP) is 3.58. The van der Waals surface area contributed by atoms with Gasteiger partial charge in [-0.15, -0.1) is 0 Å². The molecule has 0 unspecified atom stereocenters. The Balaban J connectivity index is 2.17. The fourth-order valence-electron chi connectivity index (χ4n) is 2.07. The van der Waals surface area contributed by atoms with Gasteiger partial charge in [0.15, 0.2) is 0 Å². The molecule has 3 nitrogen and oxygen atoms in total. The van der Waals surface area contributed by atoms with E-state index in [1.807, 2.05) is 6.07 Å². The van der Waals surface area contributed by atoms with E-state index >= 15 is 0 Å². The normalized spacial score (nSPS) is 10.3. The summed E-state index contributed by atoms with van der Waals surface area (Å²) in [6, 6.07) is 10.4. The van der Waals surface area contributed by atoms with Gasteiger partial charge in [-0.25, -0.2) is 0 Å². The number of hydrogen-bond donors (Lipinski definition) is 1. The molecule has 0 fully saturated rings. The van der Waals surface area contributed by atoms with E-state index in [0.29, 0.717) is 6.42 Å². The number of rotatable bonds is 10. The Bertz CT molecular complexity index is 370. The number of anilines is 1. The molecule has 0 aliphatic rings. The van der Waals surface area contributed by atoms with Crippen molar-refractivity contribution < 1.29 is 4.79 Å². The van der Waals surface area contributed by atoms with Crippen molar-refractivity contribution in [3.63, 3.8) is 0 Å². The number of benzene rings is 1. The second-order valence-electron chi connectivity index (χ2n) is 4.76. The number of carbonyl (C=O) groups is 1. The monoisotopic (exact) mass is 340 g/mol. The topological polar surface area (TPSA) is 32.3 Å². The zero-order valence-corrected chi connectivity index (χ0v) is 13.9. The first-order valence-corrected chi connectivity index (χ1v) is 8.52. The van der Waals surface area contributed by atoms with Gasteiger partial charge in [0.1, 0.15) is 0 Å². The van der Waals surface area contributed by atoms with Crippen LogP contribution in [0.2, 0.25) is 0 Å². The molecule has 0 atom stereocenters. The smallest absolute Gasteiger partial charge is 0.219 e. The van der Waals surface area contributed by atoms with Gasteiger partial charge in [-0.1, -0.05) is 34.1 Å². The molecule has 1 N–H and O–H groups in total. The van der Waals surface area contributed by atoms with E-state index in [2.05, 4.69) is 57.3 Å². The highest BCUT2D eigenvalue weighted by Crippen LogP contribution is 2.12. The van der Waals surface area contributed by atoms with E-state index in [4.69, 9.17) is 0 Å². The highest BCUT2D eigenvalue weighted by molar-refractivity contribution is 9.09. The number of halogens is 1. The lowest BCUT2D eigenvalue weighted by Gasteiger charge is -2.23. The van der Waals surface area contributed by atoms with Crippen molar-refractivity contribution in [1.82, 2.24) is 5.32 Å². The van der Waals surface area contributed by atoms with Crippen molar-refractivity contribution in [2.45, 2.75) is 32.6 Å². The number of hydrogen-bond acceptors (Lipinski definition) is 2. The van der Waals surface area contributed by atoms with Crippen LogP contribution in [-0.4, -0.2) is 30.9 Å². The van der Waals surface area contributed by atoms with Crippen LogP contribution in [0.1, 0.15) is 32.6 Å². The standard InChI is InChI=1S/C16H25BrN2O/c1-2-19(15-9-4-3-5-10-15)14-8-13-18-16(20)11-6-7-12-17/h3-5,9-10H,2,6-8,11-14H2,1H3,(H,18,20). The molecule has 1 aromatic rings. The highest BCUT2D eigenvalue weighted by Gasteiger charge is 2.04. The first kappa shape index (κ1) is 17.0. The second-order valence-corrected chi connectivity index (χ2v) is 5.56. The zero-order chi connectivity index (χ0) is 14.6. The predicted molar refractivity (Wildman–Crippen MR) is 89.6 cm³/mol. The molecule has 0 spiro atoms. The molecule has 1 amide bonds. The van der Waals surface area contributed by atoms with Crippen LogP contribution in [0.15, 0.2) is 30.3 Å². The van der Waals surface area contributed by atoms with E-state index in [-0.39, 0.29) is 5.91 Å². The lowest BCUT2D eigenvalue weighted by Crippen LogP contribution is -2.29. The average molecular weight is 341 g/mol. The van der Waals surface area contributed by atoms with E-state index in [1.165, 1.54) is 5.69 Å². The van der Waals surface area contributed by atoms with Crippen molar-refractivity contribution in [3.8, 4) is 0 Å². The number of unbranched alkanes of at least 4 members (excludes halogenated alkanes) is 1. The lowest BCUT2D eigenvalue weighted by atomic mass is 10.2. The summed E-state index contributed by atoms with van der Waals surface area (Å²) in [6.45, 7) is 4.88. The summed E-state index contributed by atoms with van der Waals surface area (Å²) in [7, 11) is 0. The van der Waals surface area contributed by atoms with Crippen LogP contribution in [0.25, 0.3) is 0 Å². The molecule has 0 bridgehead atoms. The SMILES string of the molecule is CCN(CCCNC(=O)CCCCBr)c1ccccc1.